The fraction of sp³-hybridized carbons (Fsp3) is 0.333. The topological polar surface area (TPSA) is 116 Å². The van der Waals surface area contributed by atoms with E-state index >= 15 is 0 Å². The second kappa shape index (κ2) is 7.01. The molecule has 0 unspecified atom stereocenters. The lowest BCUT2D eigenvalue weighted by Gasteiger charge is -2.12. The van der Waals surface area contributed by atoms with E-state index in [1.165, 1.54) is 25.3 Å². The summed E-state index contributed by atoms with van der Waals surface area (Å²) in [6.07, 6.45) is 0.523. The SMILES string of the molecule is COCCCN1C(=O)c2ccc(C(=O)OCC(N)=O)cc2C1=O. The Kier molecular flexibility index (Phi) is 5.07. The van der Waals surface area contributed by atoms with Crippen molar-refractivity contribution < 1.29 is 28.7 Å². The molecule has 0 saturated heterocycles. The molecule has 8 heteroatoms. The highest BCUT2D eigenvalue weighted by Crippen LogP contribution is 2.24. The molecular formula is C15H16N2O6. The highest BCUT2D eigenvalue weighted by Gasteiger charge is 2.35. The smallest absolute Gasteiger partial charge is 0.338 e. The first kappa shape index (κ1) is 16.6. The minimum absolute atomic E-state index is 0.0740. The first-order chi connectivity index (χ1) is 11.0. The number of rotatable bonds is 7. The van der Waals surface area contributed by atoms with Gasteiger partial charge in [-0.1, -0.05) is 0 Å². The lowest BCUT2D eigenvalue weighted by molar-refractivity contribution is -0.121. The molecule has 0 atom stereocenters. The van der Waals surface area contributed by atoms with Crippen molar-refractivity contribution >= 4 is 23.7 Å². The molecular weight excluding hydrogens is 304 g/mol. The van der Waals surface area contributed by atoms with Crippen molar-refractivity contribution in [3.63, 3.8) is 0 Å². The van der Waals surface area contributed by atoms with Crippen LogP contribution in [0.15, 0.2) is 18.2 Å². The summed E-state index contributed by atoms with van der Waals surface area (Å²) in [6, 6.07) is 4.05. The van der Waals surface area contributed by atoms with Crippen LogP contribution in [0.25, 0.3) is 0 Å². The first-order valence-electron chi connectivity index (χ1n) is 6.90. The molecule has 122 valence electrons. The maximum absolute atomic E-state index is 12.3. The highest BCUT2D eigenvalue weighted by molar-refractivity contribution is 6.21. The number of fused-ring (bicyclic) bond motifs is 1. The summed E-state index contributed by atoms with van der Waals surface area (Å²) in [7, 11) is 1.53. The van der Waals surface area contributed by atoms with Crippen LogP contribution in [-0.2, 0) is 14.3 Å². The second-order valence-electron chi connectivity index (χ2n) is 4.91. The molecule has 0 bridgehead atoms. The average molecular weight is 320 g/mol. The molecule has 1 aromatic carbocycles. The number of ether oxygens (including phenoxy) is 2. The molecule has 1 heterocycles. The Morgan fingerprint density at radius 1 is 1.17 bits per heavy atom. The molecule has 0 spiro atoms. The van der Waals surface area contributed by atoms with Gasteiger partial charge in [0, 0.05) is 20.3 Å². The summed E-state index contributed by atoms with van der Waals surface area (Å²) in [6.45, 7) is 0.117. The Morgan fingerprint density at radius 2 is 1.87 bits per heavy atom. The normalized spacial score (nSPS) is 13.2. The summed E-state index contributed by atoms with van der Waals surface area (Å²) >= 11 is 0. The third-order valence-corrected chi connectivity index (χ3v) is 3.28. The van der Waals surface area contributed by atoms with Crippen LogP contribution in [0.1, 0.15) is 37.5 Å². The van der Waals surface area contributed by atoms with Gasteiger partial charge in [0.25, 0.3) is 17.7 Å². The predicted octanol–water partition coefficient (Wildman–Crippen LogP) is -0.0388. The zero-order chi connectivity index (χ0) is 17.0. The van der Waals surface area contributed by atoms with Gasteiger partial charge in [0.1, 0.15) is 0 Å². The van der Waals surface area contributed by atoms with Crippen molar-refractivity contribution in [3.05, 3.63) is 34.9 Å². The average Bonchev–Trinajstić information content (AvgIpc) is 2.77. The fourth-order valence-electron chi connectivity index (χ4n) is 2.21. The standard InChI is InChI=1S/C15H16N2O6/c1-22-6-2-5-17-13(19)10-4-3-9(7-11(10)14(17)20)15(21)23-8-12(16)18/h3-4,7H,2,5-6,8H2,1H3,(H2,16,18). The van der Waals surface area contributed by atoms with E-state index in [1.54, 1.807) is 0 Å². The highest BCUT2D eigenvalue weighted by atomic mass is 16.5. The van der Waals surface area contributed by atoms with E-state index in [1.807, 2.05) is 0 Å². The van der Waals surface area contributed by atoms with Crippen molar-refractivity contribution in [2.45, 2.75) is 6.42 Å². The van der Waals surface area contributed by atoms with Gasteiger partial charge in [0.15, 0.2) is 6.61 Å². The Labute approximate surface area is 132 Å². The van der Waals surface area contributed by atoms with Gasteiger partial charge in [-0.15, -0.1) is 0 Å². The van der Waals surface area contributed by atoms with Crippen molar-refractivity contribution in [1.82, 2.24) is 4.90 Å². The number of primary amides is 1. The number of benzene rings is 1. The molecule has 0 saturated carbocycles. The molecule has 0 fully saturated rings. The summed E-state index contributed by atoms with van der Waals surface area (Å²) in [5.74, 6) is -2.44. The maximum Gasteiger partial charge on any atom is 0.338 e. The number of methoxy groups -OCH3 is 1. The van der Waals surface area contributed by atoms with Crippen molar-refractivity contribution in [1.29, 1.82) is 0 Å². The van der Waals surface area contributed by atoms with E-state index in [9.17, 15) is 19.2 Å². The minimum atomic E-state index is -0.787. The van der Waals surface area contributed by atoms with Crippen LogP contribution >= 0.6 is 0 Å². The molecule has 23 heavy (non-hydrogen) atoms. The van der Waals surface area contributed by atoms with Crippen LogP contribution in [0, 0.1) is 0 Å². The molecule has 1 aromatic rings. The van der Waals surface area contributed by atoms with Gasteiger partial charge < -0.3 is 15.2 Å². The van der Waals surface area contributed by atoms with Crippen LogP contribution in [0.3, 0.4) is 0 Å². The van der Waals surface area contributed by atoms with E-state index in [0.29, 0.717) is 13.0 Å². The number of imide groups is 1. The van der Waals surface area contributed by atoms with Crippen LogP contribution < -0.4 is 5.73 Å². The molecule has 0 aliphatic carbocycles. The number of carbonyl (C=O) groups is 4. The van der Waals surface area contributed by atoms with Gasteiger partial charge in [-0.05, 0) is 24.6 Å². The molecule has 8 nitrogen and oxygen atoms in total. The van der Waals surface area contributed by atoms with Gasteiger partial charge >= 0.3 is 5.97 Å². The van der Waals surface area contributed by atoms with E-state index in [2.05, 4.69) is 4.74 Å². The van der Waals surface area contributed by atoms with E-state index in [-0.39, 0.29) is 23.2 Å². The lowest BCUT2D eigenvalue weighted by Crippen LogP contribution is -2.31. The quantitative estimate of drug-likeness (QED) is 0.428. The Morgan fingerprint density at radius 3 is 2.52 bits per heavy atom. The zero-order valence-corrected chi connectivity index (χ0v) is 12.5. The third-order valence-electron chi connectivity index (χ3n) is 3.28. The van der Waals surface area contributed by atoms with E-state index in [0.717, 1.165) is 4.90 Å². The Bertz CT molecular complexity index is 670. The lowest BCUT2D eigenvalue weighted by atomic mass is 10.1. The van der Waals surface area contributed by atoms with Crippen molar-refractivity contribution in [2.75, 3.05) is 26.9 Å². The number of amides is 3. The molecule has 0 aromatic heterocycles. The molecule has 1 aliphatic rings. The number of hydrogen-bond acceptors (Lipinski definition) is 6. The zero-order valence-electron chi connectivity index (χ0n) is 12.5. The van der Waals surface area contributed by atoms with Gasteiger partial charge in [-0.3, -0.25) is 19.3 Å². The van der Waals surface area contributed by atoms with E-state index in [4.69, 9.17) is 10.5 Å². The summed E-state index contributed by atoms with van der Waals surface area (Å²) in [5.41, 5.74) is 5.34. The number of nitrogens with two attached hydrogens (primary N) is 1. The van der Waals surface area contributed by atoms with Crippen LogP contribution in [0.5, 0.6) is 0 Å². The molecule has 1 aliphatic heterocycles. The predicted molar refractivity (Wildman–Crippen MR) is 77.8 cm³/mol. The maximum atomic E-state index is 12.3. The number of esters is 1. The van der Waals surface area contributed by atoms with Gasteiger partial charge in [0.2, 0.25) is 0 Å². The molecule has 0 radical (unpaired) electrons. The molecule has 2 rings (SSSR count). The van der Waals surface area contributed by atoms with E-state index < -0.39 is 30.3 Å². The summed E-state index contributed by atoms with van der Waals surface area (Å²) < 4.78 is 9.58. The van der Waals surface area contributed by atoms with Crippen molar-refractivity contribution in [2.24, 2.45) is 5.73 Å². The fourth-order valence-corrected chi connectivity index (χ4v) is 2.21. The molecule has 2 N–H and O–H groups in total. The largest absolute Gasteiger partial charge is 0.452 e. The minimum Gasteiger partial charge on any atom is -0.452 e. The Hall–Kier alpha value is -2.74. The van der Waals surface area contributed by atoms with Gasteiger partial charge in [-0.25, -0.2) is 4.79 Å². The Balaban J connectivity index is 2.16. The second-order valence-corrected chi connectivity index (χ2v) is 4.91. The third kappa shape index (κ3) is 3.54. The van der Waals surface area contributed by atoms with Gasteiger partial charge in [0.05, 0.1) is 16.7 Å². The summed E-state index contributed by atoms with van der Waals surface area (Å²) in [5, 5.41) is 0. The number of carbonyl (C=O) groups excluding carboxylic acids is 4. The summed E-state index contributed by atoms with van der Waals surface area (Å²) in [4.78, 5) is 48.0. The van der Waals surface area contributed by atoms with Crippen molar-refractivity contribution in [3.8, 4) is 0 Å². The van der Waals surface area contributed by atoms with Crippen LogP contribution in [0.4, 0.5) is 0 Å². The first-order valence-corrected chi connectivity index (χ1v) is 6.90. The van der Waals surface area contributed by atoms with Crippen LogP contribution in [-0.4, -0.2) is 55.5 Å². The monoisotopic (exact) mass is 320 g/mol. The number of nitrogens with zero attached hydrogens (tertiary/aromatic N) is 1. The van der Waals surface area contributed by atoms with Gasteiger partial charge in [-0.2, -0.15) is 0 Å². The van der Waals surface area contributed by atoms with Crippen LogP contribution in [0.2, 0.25) is 0 Å². The number of hydrogen-bond donors (Lipinski definition) is 1. The molecule has 3 amide bonds.